The molecule has 0 aliphatic heterocycles. The van der Waals surface area contributed by atoms with Crippen molar-refractivity contribution in [1.82, 2.24) is 20.3 Å². The molecule has 0 aliphatic carbocycles. The number of hydrogen-bond donors (Lipinski definition) is 3. The van der Waals surface area contributed by atoms with Gasteiger partial charge in [-0.3, -0.25) is 4.79 Å². The summed E-state index contributed by atoms with van der Waals surface area (Å²) in [6.45, 7) is 0.416. The van der Waals surface area contributed by atoms with Crippen LogP contribution in [0.1, 0.15) is 23.6 Å². The first-order chi connectivity index (χ1) is 14.7. The summed E-state index contributed by atoms with van der Waals surface area (Å²) < 4.78 is 13.4. The summed E-state index contributed by atoms with van der Waals surface area (Å²) in [5.41, 5.74) is 2.99. The third-order valence-corrected chi connectivity index (χ3v) is 4.91. The lowest BCUT2D eigenvalue weighted by Gasteiger charge is -2.19. The van der Waals surface area contributed by atoms with Crippen LogP contribution in [-0.4, -0.2) is 27.4 Å². The van der Waals surface area contributed by atoms with Gasteiger partial charge < -0.3 is 15.6 Å². The van der Waals surface area contributed by atoms with Crippen LogP contribution in [0.5, 0.6) is 0 Å². The van der Waals surface area contributed by atoms with E-state index in [1.807, 2.05) is 24.4 Å². The van der Waals surface area contributed by atoms with Crippen molar-refractivity contribution in [3.63, 3.8) is 0 Å². The average molecular weight is 403 g/mol. The molecule has 2 heterocycles. The fourth-order valence-electron chi connectivity index (χ4n) is 3.41. The number of anilines is 1. The highest BCUT2D eigenvalue weighted by molar-refractivity contribution is 5.83. The number of H-pyrrole nitrogens is 1. The van der Waals surface area contributed by atoms with E-state index >= 15 is 0 Å². The second kappa shape index (κ2) is 9.17. The molecule has 3 N–H and O–H groups in total. The second-order valence-corrected chi connectivity index (χ2v) is 6.98. The minimum atomic E-state index is -0.303. The van der Waals surface area contributed by atoms with Gasteiger partial charge in [0.15, 0.2) is 0 Å². The normalized spacial score (nSPS) is 11.9. The van der Waals surface area contributed by atoms with Gasteiger partial charge in [0, 0.05) is 42.5 Å². The van der Waals surface area contributed by atoms with E-state index in [0.29, 0.717) is 18.9 Å². The number of carbonyl (C=O) groups excluding carboxylic acids is 1. The predicted molar refractivity (Wildman–Crippen MR) is 114 cm³/mol. The number of nitrogens with one attached hydrogen (secondary N) is 3. The lowest BCUT2D eigenvalue weighted by Crippen LogP contribution is -2.31. The largest absolute Gasteiger partial charge is 0.361 e. The first-order valence-electron chi connectivity index (χ1n) is 9.80. The minimum Gasteiger partial charge on any atom is -0.361 e. The number of fused-ring (bicyclic) bond motifs is 1. The van der Waals surface area contributed by atoms with E-state index in [9.17, 15) is 9.18 Å². The maximum atomic E-state index is 13.4. The molecule has 2 aromatic heterocycles. The van der Waals surface area contributed by atoms with Crippen LogP contribution in [0.15, 0.2) is 73.2 Å². The first-order valence-corrected chi connectivity index (χ1v) is 9.80. The van der Waals surface area contributed by atoms with Crippen LogP contribution in [0.25, 0.3) is 10.9 Å². The highest BCUT2D eigenvalue weighted by atomic mass is 19.1. The number of nitrogens with zero attached hydrogens (tertiary/aromatic N) is 2. The van der Waals surface area contributed by atoms with Gasteiger partial charge in [-0.25, -0.2) is 14.4 Å². The molecule has 1 unspecified atom stereocenters. The van der Waals surface area contributed by atoms with Crippen molar-refractivity contribution in [1.29, 1.82) is 0 Å². The second-order valence-electron chi connectivity index (χ2n) is 6.98. The van der Waals surface area contributed by atoms with Crippen molar-refractivity contribution in [3.05, 3.63) is 90.1 Å². The van der Waals surface area contributed by atoms with Gasteiger partial charge in [-0.15, -0.1) is 0 Å². The summed E-state index contributed by atoms with van der Waals surface area (Å²) in [4.78, 5) is 24.0. The molecule has 0 spiro atoms. The monoisotopic (exact) mass is 403 g/mol. The van der Waals surface area contributed by atoms with Crippen LogP contribution >= 0.6 is 0 Å². The van der Waals surface area contributed by atoms with E-state index in [0.717, 1.165) is 22.0 Å². The van der Waals surface area contributed by atoms with Gasteiger partial charge in [-0.2, -0.15) is 0 Å². The average Bonchev–Trinajstić information content (AvgIpc) is 3.17. The molecule has 0 radical (unpaired) electrons. The number of carbonyl (C=O) groups is 1. The maximum absolute atomic E-state index is 13.4. The molecular formula is C23H22FN5O. The number of benzene rings is 2. The van der Waals surface area contributed by atoms with Crippen LogP contribution in [0, 0.1) is 5.82 Å². The molecule has 4 aromatic rings. The lowest BCUT2D eigenvalue weighted by molar-refractivity contribution is -0.121. The summed E-state index contributed by atoms with van der Waals surface area (Å²) in [5.74, 6) is 0.0785. The Morgan fingerprint density at radius 1 is 1.03 bits per heavy atom. The van der Waals surface area contributed by atoms with Crippen LogP contribution in [0.4, 0.5) is 10.3 Å². The van der Waals surface area contributed by atoms with E-state index in [-0.39, 0.29) is 24.2 Å². The van der Waals surface area contributed by atoms with Crippen molar-refractivity contribution < 1.29 is 9.18 Å². The number of halogens is 1. The number of amides is 1. The van der Waals surface area contributed by atoms with Crippen LogP contribution in [-0.2, 0) is 11.2 Å². The molecule has 0 saturated heterocycles. The van der Waals surface area contributed by atoms with Crippen LogP contribution in [0.3, 0.4) is 0 Å². The Labute approximate surface area is 173 Å². The molecular weight excluding hydrogens is 381 g/mol. The van der Waals surface area contributed by atoms with Gasteiger partial charge >= 0.3 is 0 Å². The molecule has 0 aliphatic rings. The highest BCUT2D eigenvalue weighted by Crippen LogP contribution is 2.25. The molecule has 7 heteroatoms. The zero-order valence-corrected chi connectivity index (χ0v) is 16.3. The van der Waals surface area contributed by atoms with Gasteiger partial charge in [-0.05, 0) is 41.8 Å². The fraction of sp³-hybridized carbons (Fsp3) is 0.174. The van der Waals surface area contributed by atoms with Crippen molar-refractivity contribution in [2.24, 2.45) is 0 Å². The number of aromatic nitrogens is 3. The van der Waals surface area contributed by atoms with E-state index in [1.54, 1.807) is 30.6 Å². The number of rotatable bonds is 8. The van der Waals surface area contributed by atoms with Gasteiger partial charge in [0.25, 0.3) is 0 Å². The van der Waals surface area contributed by atoms with E-state index in [4.69, 9.17) is 0 Å². The van der Waals surface area contributed by atoms with Crippen molar-refractivity contribution >= 4 is 22.8 Å². The Hall–Kier alpha value is -3.74. The highest BCUT2D eigenvalue weighted by Gasteiger charge is 2.17. The molecule has 0 saturated carbocycles. The number of hydrogen-bond acceptors (Lipinski definition) is 4. The van der Waals surface area contributed by atoms with Crippen molar-refractivity contribution in [2.75, 3.05) is 11.9 Å². The lowest BCUT2D eigenvalue weighted by atomic mass is 9.98. The molecule has 30 heavy (non-hydrogen) atoms. The van der Waals surface area contributed by atoms with Gasteiger partial charge in [-0.1, -0.05) is 30.3 Å². The molecule has 0 fully saturated rings. The van der Waals surface area contributed by atoms with E-state index in [2.05, 4.69) is 31.7 Å². The smallest absolute Gasteiger partial charge is 0.222 e. The van der Waals surface area contributed by atoms with E-state index < -0.39 is 0 Å². The Bertz CT molecular complexity index is 1110. The molecule has 6 nitrogen and oxygen atoms in total. The Kier molecular flexibility index (Phi) is 5.98. The zero-order chi connectivity index (χ0) is 20.8. The van der Waals surface area contributed by atoms with Crippen LogP contribution in [0.2, 0.25) is 0 Å². The Morgan fingerprint density at radius 2 is 1.80 bits per heavy atom. The Morgan fingerprint density at radius 3 is 2.60 bits per heavy atom. The third kappa shape index (κ3) is 4.81. The maximum Gasteiger partial charge on any atom is 0.222 e. The number of aromatic amines is 1. The summed E-state index contributed by atoms with van der Waals surface area (Å²) in [6.07, 6.45) is 6.10. The SMILES string of the molecule is O=C(CCNc1ncccn1)NC(Cc1c[nH]c2ccccc12)c1ccc(F)cc1. The summed E-state index contributed by atoms with van der Waals surface area (Å²) in [5, 5.41) is 7.23. The first kappa shape index (κ1) is 19.6. The summed E-state index contributed by atoms with van der Waals surface area (Å²) in [7, 11) is 0. The molecule has 4 rings (SSSR count). The minimum absolute atomic E-state index is 0.104. The van der Waals surface area contributed by atoms with Gasteiger partial charge in [0.05, 0.1) is 6.04 Å². The van der Waals surface area contributed by atoms with Crippen molar-refractivity contribution in [3.8, 4) is 0 Å². The zero-order valence-electron chi connectivity index (χ0n) is 16.3. The quantitative estimate of drug-likeness (QED) is 0.415. The van der Waals surface area contributed by atoms with Crippen molar-refractivity contribution in [2.45, 2.75) is 18.9 Å². The molecule has 0 bridgehead atoms. The molecule has 1 atom stereocenters. The topological polar surface area (TPSA) is 82.7 Å². The van der Waals surface area contributed by atoms with Crippen LogP contribution < -0.4 is 10.6 Å². The molecule has 1 amide bonds. The summed E-state index contributed by atoms with van der Waals surface area (Å²) in [6, 6.07) is 15.7. The van der Waals surface area contributed by atoms with Gasteiger partial charge in [0.2, 0.25) is 11.9 Å². The standard InChI is InChI=1S/C23H22FN5O/c24-18-8-6-16(7-9-18)21(14-17-15-28-20-5-2-1-4-19(17)20)29-22(30)10-13-27-23-25-11-3-12-26-23/h1-9,11-12,15,21,28H,10,13-14H2,(H,29,30)(H,25,26,27). The summed E-state index contributed by atoms with van der Waals surface area (Å²) >= 11 is 0. The predicted octanol–water partition coefficient (Wildman–Crippen LogP) is 4.00. The molecule has 2 aromatic carbocycles. The van der Waals surface area contributed by atoms with Gasteiger partial charge in [0.1, 0.15) is 5.82 Å². The third-order valence-electron chi connectivity index (χ3n) is 4.91. The van der Waals surface area contributed by atoms with E-state index in [1.165, 1.54) is 12.1 Å². The number of para-hydroxylation sites is 1. The molecule has 152 valence electrons. The Balaban J connectivity index is 1.46. The fourth-order valence-corrected chi connectivity index (χ4v) is 3.41.